The highest BCUT2D eigenvalue weighted by Crippen LogP contribution is 2.33. The van der Waals surface area contributed by atoms with Crippen LogP contribution in [0.3, 0.4) is 0 Å². The van der Waals surface area contributed by atoms with E-state index >= 15 is 0 Å². The molecule has 1 fully saturated rings. The molecule has 16 heavy (non-hydrogen) atoms. The number of hydrogen-bond donors (Lipinski definition) is 1. The zero-order valence-corrected chi connectivity index (χ0v) is 9.61. The second kappa shape index (κ2) is 4.68. The summed E-state index contributed by atoms with van der Waals surface area (Å²) < 4.78 is 27.2. The maximum absolute atomic E-state index is 13.6. The molecule has 0 spiro atoms. The van der Waals surface area contributed by atoms with E-state index in [0.717, 1.165) is 5.56 Å². The second-order valence-corrected chi connectivity index (χ2v) is 4.63. The monoisotopic (exact) mass is 245 g/mol. The third-order valence-corrected chi connectivity index (χ3v) is 3.42. The van der Waals surface area contributed by atoms with Gasteiger partial charge in [0.1, 0.15) is 0 Å². The summed E-state index contributed by atoms with van der Waals surface area (Å²) in [4.78, 5) is 0. The molecule has 88 valence electrons. The second-order valence-electron chi connectivity index (χ2n) is 4.22. The van der Waals surface area contributed by atoms with Gasteiger partial charge in [-0.15, -0.1) is 0 Å². The number of hydrogen-bond acceptors (Lipinski definition) is 1. The van der Waals surface area contributed by atoms with Gasteiger partial charge in [-0.2, -0.15) is 0 Å². The van der Waals surface area contributed by atoms with Gasteiger partial charge < -0.3 is 5.32 Å². The van der Waals surface area contributed by atoms with Gasteiger partial charge in [-0.05, 0) is 31.0 Å². The Morgan fingerprint density at radius 3 is 2.81 bits per heavy atom. The molecule has 1 nitrogen and oxygen atoms in total. The summed E-state index contributed by atoms with van der Waals surface area (Å²) >= 11 is 5.98. The number of benzene rings is 1. The van der Waals surface area contributed by atoms with E-state index in [-0.39, 0.29) is 6.54 Å². The molecular formula is C12H14ClF2N. The van der Waals surface area contributed by atoms with E-state index in [1.54, 1.807) is 6.07 Å². The van der Waals surface area contributed by atoms with Crippen LogP contribution in [0, 0.1) is 5.92 Å². The predicted octanol–water partition coefficient (Wildman–Crippen LogP) is 3.13. The summed E-state index contributed by atoms with van der Waals surface area (Å²) in [5.74, 6) is -3.23. The smallest absolute Gasteiger partial charge is 0.263 e. The van der Waals surface area contributed by atoms with Crippen LogP contribution in [0.25, 0.3) is 0 Å². The van der Waals surface area contributed by atoms with Crippen LogP contribution in [0.1, 0.15) is 12.0 Å². The molecule has 1 aliphatic rings. The Hall–Kier alpha value is -0.670. The maximum Gasteiger partial charge on any atom is 0.263 e. The van der Waals surface area contributed by atoms with Crippen LogP contribution < -0.4 is 5.32 Å². The largest absolute Gasteiger partial charge is 0.311 e. The number of halogens is 3. The van der Waals surface area contributed by atoms with Crippen LogP contribution in [-0.4, -0.2) is 19.0 Å². The summed E-state index contributed by atoms with van der Waals surface area (Å²) in [5, 5.41) is 3.30. The Bertz CT molecular complexity index is 368. The molecular weight excluding hydrogens is 232 g/mol. The highest BCUT2D eigenvalue weighted by atomic mass is 35.5. The first kappa shape index (κ1) is 11.8. The summed E-state index contributed by atoms with van der Waals surface area (Å²) in [6, 6.07) is 7.21. The fraction of sp³-hybridized carbons (Fsp3) is 0.500. The highest BCUT2D eigenvalue weighted by molar-refractivity contribution is 6.31. The third kappa shape index (κ3) is 2.53. The third-order valence-electron chi connectivity index (χ3n) is 3.05. The SMILES string of the molecule is FC1(F)CNCCC1Cc1ccccc1Cl. The molecule has 1 N–H and O–H groups in total. The van der Waals surface area contributed by atoms with Crippen LogP contribution in [0.5, 0.6) is 0 Å². The van der Waals surface area contributed by atoms with Gasteiger partial charge in [0.25, 0.3) is 5.92 Å². The van der Waals surface area contributed by atoms with E-state index in [2.05, 4.69) is 5.32 Å². The lowest BCUT2D eigenvalue weighted by Crippen LogP contribution is -2.46. The van der Waals surface area contributed by atoms with Gasteiger partial charge in [0.2, 0.25) is 0 Å². The molecule has 0 aromatic heterocycles. The Balaban J connectivity index is 2.12. The molecule has 0 amide bonds. The first-order valence-corrected chi connectivity index (χ1v) is 5.79. The molecule has 1 aromatic rings. The topological polar surface area (TPSA) is 12.0 Å². The van der Waals surface area contributed by atoms with Gasteiger partial charge >= 0.3 is 0 Å². The van der Waals surface area contributed by atoms with Crippen molar-refractivity contribution >= 4 is 11.6 Å². The van der Waals surface area contributed by atoms with E-state index < -0.39 is 11.8 Å². The van der Waals surface area contributed by atoms with Crippen molar-refractivity contribution in [2.24, 2.45) is 5.92 Å². The quantitative estimate of drug-likeness (QED) is 0.844. The lowest BCUT2D eigenvalue weighted by atomic mass is 9.88. The molecule has 1 heterocycles. The fourth-order valence-corrected chi connectivity index (χ4v) is 2.28. The molecule has 0 aliphatic carbocycles. The van der Waals surface area contributed by atoms with Crippen LogP contribution in [0.4, 0.5) is 8.78 Å². The molecule has 0 radical (unpaired) electrons. The number of nitrogens with one attached hydrogen (secondary N) is 1. The van der Waals surface area contributed by atoms with Gasteiger partial charge in [-0.1, -0.05) is 29.8 Å². The summed E-state index contributed by atoms with van der Waals surface area (Å²) in [6.45, 7) is 0.437. The Morgan fingerprint density at radius 1 is 1.38 bits per heavy atom. The normalized spacial score (nSPS) is 24.3. The van der Waals surface area contributed by atoms with Crippen molar-refractivity contribution in [3.8, 4) is 0 Å². The van der Waals surface area contributed by atoms with Gasteiger partial charge in [0.05, 0.1) is 6.54 Å². The van der Waals surface area contributed by atoms with E-state index in [4.69, 9.17) is 11.6 Å². The number of piperidine rings is 1. The minimum absolute atomic E-state index is 0.220. The average Bonchev–Trinajstić information content (AvgIpc) is 2.24. The highest BCUT2D eigenvalue weighted by Gasteiger charge is 2.41. The minimum Gasteiger partial charge on any atom is -0.311 e. The average molecular weight is 246 g/mol. The Kier molecular flexibility index (Phi) is 3.45. The van der Waals surface area contributed by atoms with E-state index in [9.17, 15) is 8.78 Å². The predicted molar refractivity (Wildman–Crippen MR) is 61.1 cm³/mol. The molecule has 1 saturated heterocycles. The molecule has 1 atom stereocenters. The lowest BCUT2D eigenvalue weighted by molar-refractivity contribution is -0.0727. The summed E-state index contributed by atoms with van der Waals surface area (Å²) in [7, 11) is 0. The molecule has 0 bridgehead atoms. The summed E-state index contributed by atoms with van der Waals surface area (Å²) in [6.07, 6.45) is 0.854. The van der Waals surface area contributed by atoms with E-state index in [1.807, 2.05) is 18.2 Å². The van der Waals surface area contributed by atoms with Gasteiger partial charge in [0, 0.05) is 10.9 Å². The Labute approximate surface area is 98.8 Å². The van der Waals surface area contributed by atoms with Crippen molar-refractivity contribution in [1.82, 2.24) is 5.32 Å². The van der Waals surface area contributed by atoms with E-state index in [0.29, 0.717) is 24.4 Å². The van der Waals surface area contributed by atoms with E-state index in [1.165, 1.54) is 0 Å². The molecule has 4 heteroatoms. The zero-order chi connectivity index (χ0) is 11.6. The number of alkyl halides is 2. The molecule has 1 aromatic carbocycles. The van der Waals surface area contributed by atoms with Gasteiger partial charge in [0.15, 0.2) is 0 Å². The van der Waals surface area contributed by atoms with Crippen molar-refractivity contribution in [2.75, 3.05) is 13.1 Å². The van der Waals surface area contributed by atoms with Crippen LogP contribution in [0.2, 0.25) is 5.02 Å². The van der Waals surface area contributed by atoms with Crippen molar-refractivity contribution in [1.29, 1.82) is 0 Å². The zero-order valence-electron chi connectivity index (χ0n) is 8.85. The van der Waals surface area contributed by atoms with Crippen LogP contribution in [0.15, 0.2) is 24.3 Å². The molecule has 1 aliphatic heterocycles. The maximum atomic E-state index is 13.6. The minimum atomic E-state index is -2.63. The van der Waals surface area contributed by atoms with Gasteiger partial charge in [-0.25, -0.2) is 8.78 Å². The first-order valence-electron chi connectivity index (χ1n) is 5.41. The van der Waals surface area contributed by atoms with Crippen molar-refractivity contribution in [3.63, 3.8) is 0 Å². The van der Waals surface area contributed by atoms with Crippen LogP contribution >= 0.6 is 11.6 Å². The van der Waals surface area contributed by atoms with Crippen molar-refractivity contribution in [3.05, 3.63) is 34.9 Å². The van der Waals surface area contributed by atoms with Crippen molar-refractivity contribution < 1.29 is 8.78 Å². The first-order chi connectivity index (χ1) is 7.59. The molecule has 1 unspecified atom stereocenters. The fourth-order valence-electron chi connectivity index (χ4n) is 2.07. The van der Waals surface area contributed by atoms with Gasteiger partial charge in [-0.3, -0.25) is 0 Å². The van der Waals surface area contributed by atoms with Crippen molar-refractivity contribution in [2.45, 2.75) is 18.8 Å². The molecule has 2 rings (SSSR count). The standard InChI is InChI=1S/C12H14ClF2N/c13-11-4-2-1-3-9(11)7-10-5-6-16-8-12(10,14)15/h1-4,10,16H,5-8H2. The molecule has 0 saturated carbocycles. The number of rotatable bonds is 2. The van der Waals surface area contributed by atoms with Crippen LogP contribution in [-0.2, 0) is 6.42 Å². The lowest BCUT2D eigenvalue weighted by Gasteiger charge is -2.32. The summed E-state index contributed by atoms with van der Waals surface area (Å²) in [5.41, 5.74) is 0.816. The Morgan fingerprint density at radius 2 is 2.12 bits per heavy atom.